The van der Waals surface area contributed by atoms with Gasteiger partial charge in [-0.3, -0.25) is 0 Å². The van der Waals surface area contributed by atoms with Crippen LogP contribution in [0.1, 0.15) is 45.6 Å². The molecule has 2 nitrogen and oxygen atoms in total. The Morgan fingerprint density at radius 1 is 1.04 bits per heavy atom. The molecule has 0 N–H and O–H groups in total. The average molecular weight is 393 g/mol. The summed E-state index contributed by atoms with van der Waals surface area (Å²) in [6.07, 6.45) is 4.24. The normalized spacial score (nSPS) is 12.3. The first-order valence-corrected chi connectivity index (χ1v) is 10.2. The molecule has 0 aliphatic heterocycles. The number of ether oxygens (including phenoxy) is 2. The van der Waals surface area contributed by atoms with Crippen LogP contribution in [0, 0.1) is 5.92 Å². The Morgan fingerprint density at radius 3 is 2.42 bits per heavy atom. The van der Waals surface area contributed by atoms with Gasteiger partial charge in [0.15, 0.2) is 0 Å². The molecule has 132 valence electrons. The maximum Gasteiger partial charge on any atom is 0.130 e. The Kier molecular flexibility index (Phi) is 7.90. The van der Waals surface area contributed by atoms with Gasteiger partial charge in [-0.15, -0.1) is 0 Å². The lowest BCUT2D eigenvalue weighted by atomic mass is 10.0. The summed E-state index contributed by atoms with van der Waals surface area (Å²) < 4.78 is 12.3. The quantitative estimate of drug-likeness (QED) is 0.436. The number of benzene rings is 2. The molecular weight excluding hydrogens is 364 g/mol. The molecule has 2 aromatic rings. The zero-order valence-corrected chi connectivity index (χ0v) is 16.7. The highest BCUT2D eigenvalue weighted by atomic mass is 79.9. The molecule has 3 heteroatoms. The number of halogens is 1. The Balaban J connectivity index is 2.36. The van der Waals surface area contributed by atoms with E-state index in [0.717, 1.165) is 66.5 Å². The minimum atomic E-state index is 0.587. The molecule has 1 unspecified atom stereocenters. The molecule has 0 fully saturated rings. The number of fused-ring (bicyclic) bond motifs is 1. The van der Waals surface area contributed by atoms with Gasteiger partial charge in [0.2, 0.25) is 0 Å². The van der Waals surface area contributed by atoms with Gasteiger partial charge in [-0.1, -0.05) is 67.4 Å². The molecule has 2 aromatic carbocycles. The summed E-state index contributed by atoms with van der Waals surface area (Å²) in [5.74, 6) is 2.60. The fourth-order valence-corrected chi connectivity index (χ4v) is 3.54. The van der Waals surface area contributed by atoms with Crippen LogP contribution < -0.4 is 9.47 Å². The smallest absolute Gasteiger partial charge is 0.130 e. The van der Waals surface area contributed by atoms with E-state index in [2.05, 4.69) is 67.0 Å². The molecule has 0 spiro atoms. The molecule has 0 aliphatic carbocycles. The van der Waals surface area contributed by atoms with E-state index in [9.17, 15) is 0 Å². The van der Waals surface area contributed by atoms with Crippen molar-refractivity contribution in [3.05, 3.63) is 35.9 Å². The molecule has 2 rings (SSSR count). The predicted octanol–water partition coefficient (Wildman–Crippen LogP) is 6.38. The Labute approximate surface area is 154 Å². The topological polar surface area (TPSA) is 18.5 Å². The van der Waals surface area contributed by atoms with Crippen LogP contribution in [-0.4, -0.2) is 18.5 Å². The van der Waals surface area contributed by atoms with E-state index in [4.69, 9.17) is 9.47 Å². The van der Waals surface area contributed by atoms with Gasteiger partial charge in [-0.05, 0) is 36.8 Å². The van der Waals surface area contributed by atoms with Crippen LogP contribution in [0.5, 0.6) is 11.5 Å². The average Bonchev–Trinajstić information content (AvgIpc) is 2.63. The van der Waals surface area contributed by atoms with Crippen LogP contribution >= 0.6 is 15.9 Å². The maximum absolute atomic E-state index is 6.25. The molecule has 0 aliphatic rings. The monoisotopic (exact) mass is 392 g/mol. The predicted molar refractivity (Wildman–Crippen MR) is 107 cm³/mol. The second kappa shape index (κ2) is 9.93. The molecule has 0 radical (unpaired) electrons. The molecular formula is C21H29BrO2. The third-order valence-corrected chi connectivity index (χ3v) is 4.89. The van der Waals surface area contributed by atoms with E-state index in [1.807, 2.05) is 0 Å². The van der Waals surface area contributed by atoms with Crippen LogP contribution in [0.2, 0.25) is 0 Å². The highest BCUT2D eigenvalue weighted by Crippen LogP contribution is 2.37. The first-order chi connectivity index (χ1) is 11.7. The summed E-state index contributed by atoms with van der Waals surface area (Å²) in [4.78, 5) is 0. The van der Waals surface area contributed by atoms with Crippen LogP contribution in [0.3, 0.4) is 0 Å². The van der Waals surface area contributed by atoms with Gasteiger partial charge in [0.05, 0.1) is 13.2 Å². The second-order valence-corrected chi connectivity index (χ2v) is 6.97. The van der Waals surface area contributed by atoms with E-state index in [0.29, 0.717) is 5.92 Å². The number of hydrogen-bond acceptors (Lipinski definition) is 2. The van der Waals surface area contributed by atoms with Gasteiger partial charge in [-0.25, -0.2) is 0 Å². The highest BCUT2D eigenvalue weighted by molar-refractivity contribution is 9.09. The van der Waals surface area contributed by atoms with Crippen molar-refractivity contribution in [3.63, 3.8) is 0 Å². The SMILES string of the molecule is CCCOc1c(CC)cc(OCC(CC)CCBr)c2ccccc12. The lowest BCUT2D eigenvalue weighted by Gasteiger charge is -2.19. The highest BCUT2D eigenvalue weighted by Gasteiger charge is 2.14. The van der Waals surface area contributed by atoms with Gasteiger partial charge in [0.1, 0.15) is 11.5 Å². The summed E-state index contributed by atoms with van der Waals surface area (Å²) >= 11 is 3.54. The van der Waals surface area contributed by atoms with Gasteiger partial charge in [0, 0.05) is 16.1 Å². The van der Waals surface area contributed by atoms with Crippen molar-refractivity contribution in [2.24, 2.45) is 5.92 Å². The third kappa shape index (κ3) is 4.66. The molecule has 0 bridgehead atoms. The third-order valence-electron chi connectivity index (χ3n) is 4.43. The summed E-state index contributed by atoms with van der Waals surface area (Å²) in [6.45, 7) is 8.06. The second-order valence-electron chi connectivity index (χ2n) is 6.17. The maximum atomic E-state index is 6.25. The molecule has 0 heterocycles. The van der Waals surface area contributed by atoms with Gasteiger partial charge in [0.25, 0.3) is 0 Å². The van der Waals surface area contributed by atoms with Crippen molar-refractivity contribution in [3.8, 4) is 11.5 Å². The van der Waals surface area contributed by atoms with Gasteiger partial charge < -0.3 is 9.47 Å². The minimum Gasteiger partial charge on any atom is -0.493 e. The number of hydrogen-bond donors (Lipinski definition) is 0. The number of aryl methyl sites for hydroxylation is 1. The molecule has 0 saturated carbocycles. The summed E-state index contributed by atoms with van der Waals surface area (Å²) in [5, 5.41) is 3.34. The summed E-state index contributed by atoms with van der Waals surface area (Å²) in [7, 11) is 0. The van der Waals surface area contributed by atoms with E-state index >= 15 is 0 Å². The van der Waals surface area contributed by atoms with E-state index in [-0.39, 0.29) is 0 Å². The lowest BCUT2D eigenvalue weighted by molar-refractivity contribution is 0.243. The molecule has 1 atom stereocenters. The van der Waals surface area contributed by atoms with E-state index in [1.54, 1.807) is 0 Å². The van der Waals surface area contributed by atoms with Crippen LogP contribution in [0.15, 0.2) is 30.3 Å². The fraction of sp³-hybridized carbons (Fsp3) is 0.524. The van der Waals surface area contributed by atoms with E-state index < -0.39 is 0 Å². The Hall–Kier alpha value is -1.22. The first kappa shape index (κ1) is 19.1. The van der Waals surface area contributed by atoms with Gasteiger partial charge in [-0.2, -0.15) is 0 Å². The van der Waals surface area contributed by atoms with Crippen molar-refractivity contribution in [2.45, 2.75) is 46.5 Å². The molecule has 0 saturated heterocycles. The molecule has 0 aromatic heterocycles. The Bertz CT molecular complexity index is 639. The summed E-state index contributed by atoms with van der Waals surface area (Å²) in [6, 6.07) is 10.6. The largest absolute Gasteiger partial charge is 0.493 e. The van der Waals surface area contributed by atoms with Crippen molar-refractivity contribution in [1.82, 2.24) is 0 Å². The van der Waals surface area contributed by atoms with Crippen molar-refractivity contribution in [1.29, 1.82) is 0 Å². The molecule has 0 amide bonds. The van der Waals surface area contributed by atoms with Crippen molar-refractivity contribution < 1.29 is 9.47 Å². The Morgan fingerprint density at radius 2 is 1.79 bits per heavy atom. The minimum absolute atomic E-state index is 0.587. The zero-order chi connectivity index (χ0) is 17.4. The first-order valence-electron chi connectivity index (χ1n) is 9.11. The van der Waals surface area contributed by atoms with Crippen molar-refractivity contribution in [2.75, 3.05) is 18.5 Å². The summed E-state index contributed by atoms with van der Waals surface area (Å²) in [5.41, 5.74) is 1.23. The lowest BCUT2D eigenvalue weighted by Crippen LogP contribution is -2.12. The van der Waals surface area contributed by atoms with Crippen LogP contribution in [0.25, 0.3) is 10.8 Å². The number of rotatable bonds is 10. The van der Waals surface area contributed by atoms with Crippen LogP contribution in [0.4, 0.5) is 0 Å². The molecule has 24 heavy (non-hydrogen) atoms. The standard InChI is InChI=1S/C21H29BrO2/c1-4-13-23-21-17(6-3)14-20(18-9-7-8-10-19(18)21)24-15-16(5-2)11-12-22/h7-10,14,16H,4-6,11-13,15H2,1-3H3. The van der Waals surface area contributed by atoms with Crippen molar-refractivity contribution >= 4 is 26.7 Å². The van der Waals surface area contributed by atoms with Crippen LogP contribution in [-0.2, 0) is 6.42 Å². The zero-order valence-electron chi connectivity index (χ0n) is 15.1. The van der Waals surface area contributed by atoms with Gasteiger partial charge >= 0.3 is 0 Å². The fourth-order valence-electron chi connectivity index (χ4n) is 2.89. The number of alkyl halides is 1. The van der Waals surface area contributed by atoms with E-state index in [1.165, 1.54) is 5.56 Å².